The molecule has 0 bridgehead atoms. The fourth-order valence-corrected chi connectivity index (χ4v) is 5.44. The SMILES string of the molecule is COc1ccc(NC(=O)c2ccc3c(c2)SC2=NS(=O)(=O)CCN23)cc1NC(C)=O. The maximum atomic E-state index is 12.7. The van der Waals surface area contributed by atoms with E-state index in [2.05, 4.69) is 15.0 Å². The van der Waals surface area contributed by atoms with Crippen LogP contribution in [0.5, 0.6) is 5.75 Å². The van der Waals surface area contributed by atoms with Gasteiger partial charge in [-0.2, -0.15) is 0 Å². The third-order valence-corrected chi connectivity index (χ3v) is 6.81. The molecule has 2 N–H and O–H groups in total. The van der Waals surface area contributed by atoms with Gasteiger partial charge in [-0.05, 0) is 48.2 Å². The zero-order valence-electron chi connectivity index (χ0n) is 16.1. The number of benzene rings is 2. The van der Waals surface area contributed by atoms with E-state index < -0.39 is 10.0 Å². The molecule has 156 valence electrons. The lowest BCUT2D eigenvalue weighted by molar-refractivity contribution is -0.114. The van der Waals surface area contributed by atoms with Crippen LogP contribution in [-0.2, 0) is 14.8 Å². The fraction of sp³-hybridized carbons (Fsp3) is 0.211. The minimum absolute atomic E-state index is 0.0349. The number of amides is 2. The Morgan fingerprint density at radius 3 is 2.70 bits per heavy atom. The molecule has 4 rings (SSSR count). The van der Waals surface area contributed by atoms with Gasteiger partial charge in [-0.1, -0.05) is 0 Å². The normalized spacial score (nSPS) is 16.2. The molecule has 2 aromatic rings. The minimum Gasteiger partial charge on any atom is -0.495 e. The number of rotatable bonds is 4. The van der Waals surface area contributed by atoms with Crippen LogP contribution in [0.15, 0.2) is 45.7 Å². The van der Waals surface area contributed by atoms with Crippen molar-refractivity contribution in [3.63, 3.8) is 0 Å². The first-order valence-electron chi connectivity index (χ1n) is 8.95. The van der Waals surface area contributed by atoms with Crippen molar-refractivity contribution in [2.45, 2.75) is 11.8 Å². The first kappa shape index (κ1) is 20.2. The molecule has 2 heterocycles. The van der Waals surface area contributed by atoms with Crippen LogP contribution >= 0.6 is 11.8 Å². The number of ether oxygens (including phenoxy) is 1. The molecule has 0 unspecified atom stereocenters. The first-order chi connectivity index (χ1) is 14.3. The Morgan fingerprint density at radius 1 is 1.17 bits per heavy atom. The lowest BCUT2D eigenvalue weighted by Crippen LogP contribution is -2.35. The monoisotopic (exact) mass is 446 g/mol. The molecule has 0 aliphatic carbocycles. The summed E-state index contributed by atoms with van der Waals surface area (Å²) in [4.78, 5) is 26.7. The smallest absolute Gasteiger partial charge is 0.257 e. The maximum absolute atomic E-state index is 12.7. The van der Waals surface area contributed by atoms with E-state index in [0.717, 1.165) is 10.6 Å². The van der Waals surface area contributed by atoms with E-state index in [9.17, 15) is 18.0 Å². The van der Waals surface area contributed by atoms with E-state index in [1.165, 1.54) is 25.8 Å². The van der Waals surface area contributed by atoms with E-state index in [1.54, 1.807) is 36.4 Å². The molecule has 2 aliphatic rings. The summed E-state index contributed by atoms with van der Waals surface area (Å²) in [5.74, 6) is -0.151. The topological polar surface area (TPSA) is 117 Å². The Hall–Kier alpha value is -3.05. The highest BCUT2D eigenvalue weighted by Gasteiger charge is 2.33. The average molecular weight is 447 g/mol. The molecular weight excluding hydrogens is 428 g/mol. The Balaban J connectivity index is 1.56. The number of anilines is 3. The van der Waals surface area contributed by atoms with E-state index in [-0.39, 0.29) is 17.6 Å². The second-order valence-electron chi connectivity index (χ2n) is 6.65. The van der Waals surface area contributed by atoms with E-state index >= 15 is 0 Å². The van der Waals surface area contributed by atoms with Gasteiger partial charge in [0.25, 0.3) is 15.9 Å². The number of sulfonamides is 1. The van der Waals surface area contributed by atoms with Crippen molar-refractivity contribution in [2.24, 2.45) is 4.40 Å². The Bertz CT molecular complexity index is 1190. The molecule has 9 nitrogen and oxygen atoms in total. The van der Waals surface area contributed by atoms with E-state index in [1.807, 2.05) is 4.90 Å². The lowest BCUT2D eigenvalue weighted by atomic mass is 10.1. The highest BCUT2D eigenvalue weighted by atomic mass is 32.2. The lowest BCUT2D eigenvalue weighted by Gasteiger charge is -2.22. The number of hydrogen-bond donors (Lipinski definition) is 2. The van der Waals surface area contributed by atoms with Gasteiger partial charge in [0.1, 0.15) is 5.75 Å². The maximum Gasteiger partial charge on any atom is 0.257 e. The first-order valence-corrected chi connectivity index (χ1v) is 11.4. The molecule has 0 fully saturated rings. The van der Waals surface area contributed by atoms with Gasteiger partial charge < -0.3 is 20.3 Å². The van der Waals surface area contributed by atoms with Crippen LogP contribution in [0.3, 0.4) is 0 Å². The van der Waals surface area contributed by atoms with E-state index in [4.69, 9.17) is 4.74 Å². The molecule has 2 aliphatic heterocycles. The predicted molar refractivity (Wildman–Crippen MR) is 116 cm³/mol. The second-order valence-corrected chi connectivity index (χ2v) is 9.41. The van der Waals surface area contributed by atoms with Gasteiger partial charge in [-0.3, -0.25) is 9.59 Å². The molecular formula is C19H18N4O5S2. The number of amidine groups is 1. The van der Waals surface area contributed by atoms with Crippen molar-refractivity contribution in [2.75, 3.05) is 34.9 Å². The summed E-state index contributed by atoms with van der Waals surface area (Å²) in [5.41, 5.74) is 2.19. The number of carbonyl (C=O) groups excluding carboxylic acids is 2. The number of hydrogen-bond acceptors (Lipinski definition) is 7. The Kier molecular flexibility index (Phi) is 5.16. The third-order valence-electron chi connectivity index (χ3n) is 4.50. The molecule has 0 saturated carbocycles. The number of nitrogens with one attached hydrogen (secondary N) is 2. The summed E-state index contributed by atoms with van der Waals surface area (Å²) in [7, 11) is -1.94. The van der Waals surface area contributed by atoms with Crippen molar-refractivity contribution in [3.8, 4) is 5.75 Å². The fourth-order valence-electron chi connectivity index (χ4n) is 3.15. The van der Waals surface area contributed by atoms with Crippen LogP contribution in [0.4, 0.5) is 17.1 Å². The molecule has 30 heavy (non-hydrogen) atoms. The van der Waals surface area contributed by atoms with Gasteiger partial charge in [0.15, 0.2) is 5.17 Å². The summed E-state index contributed by atoms with van der Waals surface area (Å²) < 4.78 is 32.5. The van der Waals surface area contributed by atoms with Crippen molar-refractivity contribution < 1.29 is 22.7 Å². The summed E-state index contributed by atoms with van der Waals surface area (Å²) in [6.45, 7) is 1.72. The van der Waals surface area contributed by atoms with Crippen LogP contribution < -0.4 is 20.3 Å². The molecule has 2 amide bonds. The van der Waals surface area contributed by atoms with Crippen LogP contribution in [0, 0.1) is 0 Å². The Morgan fingerprint density at radius 2 is 1.97 bits per heavy atom. The zero-order chi connectivity index (χ0) is 21.5. The molecule has 2 aromatic carbocycles. The van der Waals surface area contributed by atoms with Gasteiger partial charge in [-0.25, -0.2) is 8.42 Å². The quantitative estimate of drug-likeness (QED) is 0.741. The number of nitrogens with zero attached hydrogens (tertiary/aromatic N) is 2. The predicted octanol–water partition coefficient (Wildman–Crippen LogP) is 2.52. The van der Waals surface area contributed by atoms with E-state index in [0.29, 0.717) is 34.4 Å². The van der Waals surface area contributed by atoms with Gasteiger partial charge >= 0.3 is 0 Å². The highest BCUT2D eigenvalue weighted by molar-refractivity contribution is 8.15. The molecule has 0 radical (unpaired) electrons. The molecule has 0 saturated heterocycles. The number of carbonyl (C=O) groups is 2. The number of methoxy groups -OCH3 is 1. The molecule has 11 heteroatoms. The Labute approximate surface area is 177 Å². The van der Waals surface area contributed by atoms with Crippen LogP contribution in [0.2, 0.25) is 0 Å². The van der Waals surface area contributed by atoms with Crippen LogP contribution in [0.1, 0.15) is 17.3 Å². The third kappa shape index (κ3) is 3.98. The van der Waals surface area contributed by atoms with Gasteiger partial charge in [0.05, 0.1) is 24.2 Å². The van der Waals surface area contributed by atoms with Gasteiger partial charge in [0, 0.05) is 29.6 Å². The van der Waals surface area contributed by atoms with Crippen molar-refractivity contribution in [1.82, 2.24) is 0 Å². The molecule has 0 atom stereocenters. The standard InChI is InChI=1S/C19H18N4O5S2/c1-11(24)20-14-10-13(4-6-16(14)28-2)21-18(25)12-3-5-15-17(9-12)29-19-22-30(26,27)8-7-23(15)19/h3-6,9-10H,7-8H2,1-2H3,(H,20,24)(H,21,25). The van der Waals surface area contributed by atoms with Gasteiger partial charge in [-0.15, -0.1) is 4.40 Å². The van der Waals surface area contributed by atoms with Crippen molar-refractivity contribution in [1.29, 1.82) is 0 Å². The number of thioether (sulfide) groups is 1. The summed E-state index contributed by atoms with van der Waals surface area (Å²) in [5, 5.41) is 5.86. The summed E-state index contributed by atoms with van der Waals surface area (Å²) in [6.07, 6.45) is 0. The second kappa shape index (κ2) is 7.65. The molecule has 0 spiro atoms. The van der Waals surface area contributed by atoms with Crippen molar-refractivity contribution >= 4 is 55.8 Å². The van der Waals surface area contributed by atoms with Crippen molar-refractivity contribution in [3.05, 3.63) is 42.0 Å². The van der Waals surface area contributed by atoms with Crippen LogP contribution in [-0.4, -0.2) is 44.8 Å². The summed E-state index contributed by atoms with van der Waals surface area (Å²) >= 11 is 1.23. The largest absolute Gasteiger partial charge is 0.495 e. The zero-order valence-corrected chi connectivity index (χ0v) is 17.8. The average Bonchev–Trinajstić information content (AvgIpc) is 3.03. The molecule has 0 aromatic heterocycles. The highest BCUT2D eigenvalue weighted by Crippen LogP contribution is 2.42. The number of fused-ring (bicyclic) bond motifs is 3. The van der Waals surface area contributed by atoms with Crippen LogP contribution in [0.25, 0.3) is 0 Å². The summed E-state index contributed by atoms with van der Waals surface area (Å²) in [6, 6.07) is 10.1. The van der Waals surface area contributed by atoms with Gasteiger partial charge in [0.2, 0.25) is 5.91 Å². The minimum atomic E-state index is -3.43.